The molecule has 0 saturated heterocycles. The predicted octanol–water partition coefficient (Wildman–Crippen LogP) is 4.53. The third kappa shape index (κ3) is 2.40. The van der Waals surface area contributed by atoms with E-state index in [4.69, 9.17) is 0 Å². The van der Waals surface area contributed by atoms with E-state index in [0.29, 0.717) is 5.92 Å². The topological polar surface area (TPSA) is 54.4 Å². The van der Waals surface area contributed by atoms with E-state index in [-0.39, 0.29) is 11.3 Å². The molecule has 3 aliphatic carbocycles. The second-order valence-corrected chi connectivity index (χ2v) is 8.32. The molecule has 0 aromatic rings. The molecule has 0 aromatic heterocycles. The molecule has 1 N–H and O–H groups in total. The van der Waals surface area contributed by atoms with Gasteiger partial charge in [0.25, 0.3) is 0 Å². The first-order valence-electron chi connectivity index (χ1n) is 8.95. The molecule has 3 aliphatic rings. The molecule has 0 bridgehead atoms. The first kappa shape index (κ1) is 16.5. The van der Waals surface area contributed by atoms with Gasteiger partial charge in [-0.15, -0.1) is 0 Å². The highest BCUT2D eigenvalue weighted by Gasteiger charge is 2.57. The SMILES string of the molecule is CC(C)C1=C2C3CC=C(C=O)CC[C@@]3(C)CC[C@]2(C(=O)O)CC1. The molecule has 0 aromatic carbocycles. The van der Waals surface area contributed by atoms with E-state index in [0.717, 1.165) is 56.8 Å². The van der Waals surface area contributed by atoms with Crippen molar-refractivity contribution < 1.29 is 14.7 Å². The van der Waals surface area contributed by atoms with Gasteiger partial charge in [0.2, 0.25) is 0 Å². The van der Waals surface area contributed by atoms with Crippen molar-refractivity contribution in [2.45, 2.75) is 65.7 Å². The van der Waals surface area contributed by atoms with Crippen LogP contribution in [0.1, 0.15) is 65.7 Å². The van der Waals surface area contributed by atoms with Crippen molar-refractivity contribution in [3.8, 4) is 0 Å². The predicted molar refractivity (Wildman–Crippen MR) is 90.0 cm³/mol. The number of fused-ring (bicyclic) bond motifs is 3. The van der Waals surface area contributed by atoms with Crippen molar-refractivity contribution in [1.29, 1.82) is 0 Å². The molecule has 3 nitrogen and oxygen atoms in total. The third-order valence-corrected chi connectivity index (χ3v) is 6.85. The first-order valence-corrected chi connectivity index (χ1v) is 8.95. The van der Waals surface area contributed by atoms with Crippen LogP contribution in [-0.4, -0.2) is 17.4 Å². The fourth-order valence-electron chi connectivity index (χ4n) is 5.30. The summed E-state index contributed by atoms with van der Waals surface area (Å²) in [7, 11) is 0. The number of carbonyl (C=O) groups excluding carboxylic acids is 1. The lowest BCUT2D eigenvalue weighted by Crippen LogP contribution is -2.45. The highest BCUT2D eigenvalue weighted by molar-refractivity contribution is 5.81. The fourth-order valence-corrected chi connectivity index (χ4v) is 5.30. The molecule has 0 spiro atoms. The maximum atomic E-state index is 12.2. The molecular formula is C20H28O3. The van der Waals surface area contributed by atoms with Crippen LogP contribution in [0, 0.1) is 22.7 Å². The molecule has 3 atom stereocenters. The van der Waals surface area contributed by atoms with Crippen molar-refractivity contribution in [3.05, 3.63) is 22.8 Å². The van der Waals surface area contributed by atoms with Crippen molar-refractivity contribution in [1.82, 2.24) is 0 Å². The van der Waals surface area contributed by atoms with E-state index in [9.17, 15) is 14.7 Å². The molecule has 0 heterocycles. The summed E-state index contributed by atoms with van der Waals surface area (Å²) in [6, 6.07) is 0. The molecular weight excluding hydrogens is 288 g/mol. The highest BCUT2D eigenvalue weighted by atomic mass is 16.4. The summed E-state index contributed by atoms with van der Waals surface area (Å²) in [6.45, 7) is 6.69. The Morgan fingerprint density at radius 3 is 2.61 bits per heavy atom. The maximum Gasteiger partial charge on any atom is 0.313 e. The van der Waals surface area contributed by atoms with Crippen LogP contribution in [0.4, 0.5) is 0 Å². The lowest BCUT2D eigenvalue weighted by molar-refractivity contribution is -0.149. The van der Waals surface area contributed by atoms with Crippen LogP contribution in [-0.2, 0) is 9.59 Å². The van der Waals surface area contributed by atoms with Crippen LogP contribution in [0.3, 0.4) is 0 Å². The summed E-state index contributed by atoms with van der Waals surface area (Å²) in [4.78, 5) is 23.4. The number of aliphatic carboxylic acids is 1. The van der Waals surface area contributed by atoms with Crippen LogP contribution in [0.5, 0.6) is 0 Å². The number of hydrogen-bond donors (Lipinski definition) is 1. The smallest absolute Gasteiger partial charge is 0.313 e. The average Bonchev–Trinajstić information content (AvgIpc) is 2.82. The molecule has 23 heavy (non-hydrogen) atoms. The van der Waals surface area contributed by atoms with Crippen LogP contribution in [0.25, 0.3) is 0 Å². The summed E-state index contributed by atoms with van der Waals surface area (Å²) in [5.41, 5.74) is 3.00. The Labute approximate surface area is 138 Å². The fraction of sp³-hybridized carbons (Fsp3) is 0.700. The lowest BCUT2D eigenvalue weighted by Gasteiger charge is -2.49. The molecule has 3 heteroatoms. The zero-order chi connectivity index (χ0) is 16.8. The van der Waals surface area contributed by atoms with Gasteiger partial charge >= 0.3 is 5.97 Å². The maximum absolute atomic E-state index is 12.2. The molecule has 0 amide bonds. The number of carbonyl (C=O) groups is 2. The number of aldehydes is 1. The minimum atomic E-state index is -0.636. The van der Waals surface area contributed by atoms with E-state index in [1.807, 2.05) is 0 Å². The van der Waals surface area contributed by atoms with Crippen LogP contribution in [0.15, 0.2) is 22.8 Å². The van der Waals surface area contributed by atoms with Crippen LogP contribution in [0.2, 0.25) is 0 Å². The summed E-state index contributed by atoms with van der Waals surface area (Å²) in [5, 5.41) is 10.0. The van der Waals surface area contributed by atoms with Gasteiger partial charge in [-0.1, -0.05) is 32.4 Å². The van der Waals surface area contributed by atoms with E-state index >= 15 is 0 Å². The molecule has 3 rings (SSSR count). The average molecular weight is 316 g/mol. The number of hydrogen-bond acceptors (Lipinski definition) is 2. The van der Waals surface area contributed by atoms with Crippen LogP contribution < -0.4 is 0 Å². The van der Waals surface area contributed by atoms with Gasteiger partial charge in [-0.25, -0.2) is 0 Å². The largest absolute Gasteiger partial charge is 0.481 e. The zero-order valence-corrected chi connectivity index (χ0v) is 14.5. The molecule has 0 aliphatic heterocycles. The molecule has 1 unspecified atom stereocenters. The van der Waals surface area contributed by atoms with Crippen molar-refractivity contribution in [2.24, 2.45) is 22.7 Å². The molecule has 126 valence electrons. The zero-order valence-electron chi connectivity index (χ0n) is 14.5. The third-order valence-electron chi connectivity index (χ3n) is 6.85. The van der Waals surface area contributed by atoms with Gasteiger partial charge in [0.1, 0.15) is 6.29 Å². The normalized spacial score (nSPS) is 37.0. The van der Waals surface area contributed by atoms with Gasteiger partial charge in [0.15, 0.2) is 0 Å². The van der Waals surface area contributed by atoms with Gasteiger partial charge < -0.3 is 5.11 Å². The van der Waals surface area contributed by atoms with E-state index < -0.39 is 11.4 Å². The monoisotopic (exact) mass is 316 g/mol. The summed E-state index contributed by atoms with van der Waals surface area (Å²) in [6.07, 6.45) is 9.12. The number of carboxylic acids is 1. The summed E-state index contributed by atoms with van der Waals surface area (Å²) >= 11 is 0. The van der Waals surface area contributed by atoms with E-state index in [2.05, 4.69) is 26.8 Å². The van der Waals surface area contributed by atoms with Gasteiger partial charge in [-0.05, 0) is 73.3 Å². The molecule has 1 fully saturated rings. The van der Waals surface area contributed by atoms with E-state index in [1.54, 1.807) is 0 Å². The van der Waals surface area contributed by atoms with Crippen molar-refractivity contribution >= 4 is 12.3 Å². The van der Waals surface area contributed by atoms with Gasteiger partial charge in [0, 0.05) is 0 Å². The second kappa shape index (κ2) is 5.61. The van der Waals surface area contributed by atoms with Crippen molar-refractivity contribution in [2.75, 3.05) is 0 Å². The minimum Gasteiger partial charge on any atom is -0.481 e. The summed E-state index contributed by atoms with van der Waals surface area (Å²) in [5.74, 6) is 0.0603. The highest BCUT2D eigenvalue weighted by Crippen LogP contribution is 2.63. The Hall–Kier alpha value is -1.38. The molecule has 1 saturated carbocycles. The Bertz CT molecular complexity index is 598. The van der Waals surface area contributed by atoms with Crippen LogP contribution >= 0.6 is 0 Å². The van der Waals surface area contributed by atoms with Gasteiger partial charge in [-0.2, -0.15) is 0 Å². The van der Waals surface area contributed by atoms with Crippen molar-refractivity contribution in [3.63, 3.8) is 0 Å². The second-order valence-electron chi connectivity index (χ2n) is 8.32. The number of rotatable bonds is 3. The Kier molecular flexibility index (Phi) is 4.02. The molecule has 0 radical (unpaired) electrons. The minimum absolute atomic E-state index is 0.125. The first-order chi connectivity index (χ1) is 10.8. The van der Waals surface area contributed by atoms with E-state index in [1.165, 1.54) is 11.1 Å². The quantitative estimate of drug-likeness (QED) is 0.615. The standard InChI is InChI=1S/C20H28O3/c1-13(2)15-7-9-20(18(22)23)11-10-19(3)8-6-14(12-21)4-5-16(19)17(15)20/h4,12-13,16H,5-11H2,1-3H3,(H,22,23)/t16?,19-,20+/m0/s1. The number of carboxylic acid groups (broad SMARTS) is 1. The Morgan fingerprint density at radius 2 is 2.00 bits per heavy atom. The Morgan fingerprint density at radius 1 is 1.26 bits per heavy atom. The Balaban J connectivity index is 2.13. The lowest BCUT2D eigenvalue weighted by atomic mass is 9.54. The number of allylic oxidation sites excluding steroid dienone is 3. The van der Waals surface area contributed by atoms with Gasteiger partial charge in [0.05, 0.1) is 5.41 Å². The van der Waals surface area contributed by atoms with Gasteiger partial charge in [-0.3, -0.25) is 9.59 Å². The summed E-state index contributed by atoms with van der Waals surface area (Å²) < 4.78 is 0.